The van der Waals surface area contributed by atoms with Gasteiger partial charge in [-0.2, -0.15) is 4.73 Å². The second-order valence-electron chi connectivity index (χ2n) is 8.38. The van der Waals surface area contributed by atoms with Gasteiger partial charge in [0, 0.05) is 44.7 Å². The molecule has 38 heavy (non-hydrogen) atoms. The van der Waals surface area contributed by atoms with Crippen LogP contribution in [0.4, 0.5) is 15.8 Å². The van der Waals surface area contributed by atoms with Gasteiger partial charge in [0.2, 0.25) is 5.91 Å². The molecule has 0 spiro atoms. The number of halogens is 1. The van der Waals surface area contributed by atoms with E-state index in [2.05, 4.69) is 10.3 Å². The third-order valence-corrected chi connectivity index (χ3v) is 6.99. The van der Waals surface area contributed by atoms with E-state index in [9.17, 15) is 28.8 Å². The van der Waals surface area contributed by atoms with Gasteiger partial charge in [-0.25, -0.2) is 9.37 Å². The van der Waals surface area contributed by atoms with Gasteiger partial charge in [-0.1, -0.05) is 6.07 Å². The van der Waals surface area contributed by atoms with Crippen molar-refractivity contribution >= 4 is 42.0 Å². The fourth-order valence-corrected chi connectivity index (χ4v) is 4.94. The standard InChI is InChI=1S/C26H24FN4O6P/c1-3-37-38(35,36)16-19-14-17(4-11-22(19)27)5-13-25(32)28-20-8-6-18(7-9-20)26-29-23-12-10-21(30(2)33)15-24(23)31(26)34/h4-15H,3,16H2,1-2H3,(H2-,28,29,32,33,34,35,36)/p+1/b13-5+. The average Bonchev–Trinajstić information content (AvgIpc) is 3.20. The van der Waals surface area contributed by atoms with Gasteiger partial charge in [-0.3, -0.25) is 9.36 Å². The molecular formula is C26H25FN4O6P+. The zero-order valence-corrected chi connectivity index (χ0v) is 21.4. The minimum absolute atomic E-state index is 0.00797. The van der Waals surface area contributed by atoms with E-state index in [1.165, 1.54) is 37.4 Å². The number of nitrogens with one attached hydrogen (secondary N) is 1. The van der Waals surface area contributed by atoms with Gasteiger partial charge in [0.15, 0.2) is 12.9 Å². The lowest BCUT2D eigenvalue weighted by molar-refractivity contribution is -0.428. The van der Waals surface area contributed by atoms with Crippen LogP contribution in [0.5, 0.6) is 0 Å². The summed E-state index contributed by atoms with van der Waals surface area (Å²) in [6, 6.07) is 15.4. The maximum absolute atomic E-state index is 14.1. The topological polar surface area (TPSA) is 134 Å². The Bertz CT molecular complexity index is 1600. The van der Waals surface area contributed by atoms with Crippen LogP contribution in [0.2, 0.25) is 0 Å². The Balaban J connectivity index is 1.45. The molecule has 1 amide bonds. The first-order valence-corrected chi connectivity index (χ1v) is 13.3. The van der Waals surface area contributed by atoms with Gasteiger partial charge in [-0.05, 0) is 61.0 Å². The molecule has 1 atom stereocenters. The van der Waals surface area contributed by atoms with Gasteiger partial charge in [0.05, 0.1) is 18.3 Å². The maximum atomic E-state index is 14.1. The van der Waals surface area contributed by atoms with E-state index in [0.717, 1.165) is 10.8 Å². The van der Waals surface area contributed by atoms with Crippen LogP contribution in [0.25, 0.3) is 28.5 Å². The molecule has 4 rings (SSSR count). The van der Waals surface area contributed by atoms with Crippen LogP contribution < -0.4 is 5.32 Å². The molecule has 12 heteroatoms. The number of imidazole rings is 1. The molecule has 0 saturated carbocycles. The molecule has 0 bridgehead atoms. The molecule has 0 aliphatic heterocycles. The van der Waals surface area contributed by atoms with E-state index in [4.69, 9.17) is 4.52 Å². The fraction of sp³-hybridized carbons (Fsp3) is 0.154. The lowest BCUT2D eigenvalue weighted by Crippen LogP contribution is -2.07. The molecule has 0 radical (unpaired) electrons. The van der Waals surface area contributed by atoms with Crippen molar-refractivity contribution in [3.8, 4) is 11.4 Å². The molecule has 196 valence electrons. The van der Waals surface area contributed by atoms with E-state index in [1.807, 2.05) is 0 Å². The van der Waals surface area contributed by atoms with Crippen LogP contribution in [-0.4, -0.2) is 44.1 Å². The van der Waals surface area contributed by atoms with Crippen LogP contribution in [0.3, 0.4) is 0 Å². The van der Waals surface area contributed by atoms with Crippen molar-refractivity contribution < 1.29 is 33.1 Å². The third-order valence-electron chi connectivity index (χ3n) is 5.59. The molecule has 0 saturated heterocycles. The lowest BCUT2D eigenvalue weighted by atomic mass is 10.1. The van der Waals surface area contributed by atoms with Gasteiger partial charge < -0.3 is 19.9 Å². The van der Waals surface area contributed by atoms with Crippen LogP contribution in [0, 0.1) is 10.7 Å². The Labute approximate surface area is 217 Å². The van der Waals surface area contributed by atoms with Gasteiger partial charge in [0.1, 0.15) is 11.3 Å². The van der Waals surface area contributed by atoms with Crippen molar-refractivity contribution in [2.45, 2.75) is 13.1 Å². The number of rotatable bonds is 9. The van der Waals surface area contributed by atoms with E-state index in [1.54, 1.807) is 43.3 Å². The zero-order chi connectivity index (χ0) is 27.4. The number of fused-ring (bicyclic) bond motifs is 1. The van der Waals surface area contributed by atoms with Crippen LogP contribution in [0.1, 0.15) is 18.1 Å². The van der Waals surface area contributed by atoms with Gasteiger partial charge in [-0.15, -0.1) is 0 Å². The van der Waals surface area contributed by atoms with E-state index >= 15 is 0 Å². The summed E-state index contributed by atoms with van der Waals surface area (Å²) in [5.41, 5.74) is 2.82. The number of aromatic nitrogens is 2. The highest BCUT2D eigenvalue weighted by Crippen LogP contribution is 2.46. The molecular weight excluding hydrogens is 514 g/mol. The number of carbonyl (C=O) groups excluding carboxylic acids is 1. The zero-order valence-electron chi connectivity index (χ0n) is 20.5. The van der Waals surface area contributed by atoms with Crippen molar-refractivity contribution in [2.75, 3.05) is 19.0 Å². The SMILES string of the molecule is CCOP(=O)(O)Cc1cc(/C=C/C(=O)Nc2ccc(-c3nc4ccc([N+](C)=O)cc4n3O)cc2)ccc1F. The molecule has 1 heterocycles. The lowest BCUT2D eigenvalue weighted by Gasteiger charge is -2.11. The van der Waals surface area contributed by atoms with Crippen molar-refractivity contribution in [1.29, 1.82) is 0 Å². The summed E-state index contributed by atoms with van der Waals surface area (Å²) in [5.74, 6) is -0.822. The average molecular weight is 539 g/mol. The normalized spacial score (nSPS) is 13.1. The number of hydrogen-bond acceptors (Lipinski definition) is 6. The molecule has 4 aromatic rings. The highest BCUT2D eigenvalue weighted by Gasteiger charge is 2.21. The highest BCUT2D eigenvalue weighted by molar-refractivity contribution is 7.51. The predicted molar refractivity (Wildman–Crippen MR) is 141 cm³/mol. The summed E-state index contributed by atoms with van der Waals surface area (Å²) >= 11 is 0. The van der Waals surface area contributed by atoms with Gasteiger partial charge in [0.25, 0.3) is 5.69 Å². The van der Waals surface area contributed by atoms with Gasteiger partial charge >= 0.3 is 7.60 Å². The minimum Gasteiger partial charge on any atom is -0.426 e. The number of amides is 1. The summed E-state index contributed by atoms with van der Waals surface area (Å²) < 4.78 is 32.5. The quantitative estimate of drug-likeness (QED) is 0.111. The molecule has 10 nitrogen and oxygen atoms in total. The summed E-state index contributed by atoms with van der Waals surface area (Å²) in [7, 11) is -2.61. The molecule has 1 unspecified atom stereocenters. The maximum Gasteiger partial charge on any atom is 0.332 e. The Morgan fingerprint density at radius 3 is 2.61 bits per heavy atom. The molecule has 1 aromatic heterocycles. The van der Waals surface area contributed by atoms with Crippen molar-refractivity contribution in [2.24, 2.45) is 0 Å². The van der Waals surface area contributed by atoms with E-state index in [0.29, 0.717) is 38.3 Å². The number of carbonyl (C=O) groups is 1. The van der Waals surface area contributed by atoms with Crippen molar-refractivity contribution in [3.63, 3.8) is 0 Å². The summed E-state index contributed by atoms with van der Waals surface area (Å²) in [4.78, 5) is 38.2. The molecule has 3 aromatic carbocycles. The largest absolute Gasteiger partial charge is 0.426 e. The van der Waals surface area contributed by atoms with E-state index in [-0.39, 0.29) is 18.0 Å². The first-order chi connectivity index (χ1) is 18.1. The monoisotopic (exact) mass is 539 g/mol. The Morgan fingerprint density at radius 2 is 1.92 bits per heavy atom. The molecule has 0 fully saturated rings. The first-order valence-electron chi connectivity index (χ1n) is 11.5. The Hall–Kier alpha value is -4.18. The first kappa shape index (κ1) is 26.9. The number of anilines is 1. The smallest absolute Gasteiger partial charge is 0.332 e. The Morgan fingerprint density at radius 1 is 1.18 bits per heavy atom. The van der Waals surface area contributed by atoms with Crippen molar-refractivity contribution in [3.05, 3.63) is 88.6 Å². The molecule has 0 aliphatic rings. The number of hydrogen-bond donors (Lipinski definition) is 3. The second-order valence-corrected chi connectivity index (χ2v) is 10.2. The second kappa shape index (κ2) is 11.1. The highest BCUT2D eigenvalue weighted by atomic mass is 31.2. The molecule has 3 N–H and O–H groups in total. The molecule has 0 aliphatic carbocycles. The summed E-state index contributed by atoms with van der Waals surface area (Å²) in [6.45, 7) is 1.59. The Kier molecular flexibility index (Phi) is 7.82. The number of benzene rings is 3. The fourth-order valence-electron chi connectivity index (χ4n) is 3.77. The van der Waals surface area contributed by atoms with Crippen LogP contribution in [-0.2, 0) is 20.0 Å². The van der Waals surface area contributed by atoms with Crippen LogP contribution >= 0.6 is 7.60 Å². The minimum atomic E-state index is -3.97. The number of nitrogens with zero attached hydrogens (tertiary/aromatic N) is 3. The summed E-state index contributed by atoms with van der Waals surface area (Å²) in [6.07, 6.45) is 2.23. The van der Waals surface area contributed by atoms with Crippen molar-refractivity contribution in [1.82, 2.24) is 9.71 Å². The third kappa shape index (κ3) is 6.20. The summed E-state index contributed by atoms with van der Waals surface area (Å²) in [5, 5.41) is 13.3. The number of nitroso groups, excluding NO2 is 1. The predicted octanol–water partition coefficient (Wildman–Crippen LogP) is 5.49. The van der Waals surface area contributed by atoms with Crippen LogP contribution in [0.15, 0.2) is 66.7 Å². The van der Waals surface area contributed by atoms with E-state index < -0.39 is 25.5 Å².